The molecule has 1 aliphatic carbocycles. The van der Waals surface area contributed by atoms with Crippen molar-refractivity contribution >= 4 is 0 Å². The summed E-state index contributed by atoms with van der Waals surface area (Å²) < 4.78 is 0. The molecule has 1 saturated carbocycles. The van der Waals surface area contributed by atoms with Gasteiger partial charge in [0, 0.05) is 19.1 Å². The van der Waals surface area contributed by atoms with Gasteiger partial charge in [-0.2, -0.15) is 0 Å². The van der Waals surface area contributed by atoms with Crippen molar-refractivity contribution in [3.8, 4) is 0 Å². The van der Waals surface area contributed by atoms with Gasteiger partial charge in [-0.25, -0.2) is 0 Å². The number of hydrogen-bond donors (Lipinski definition) is 1. The molecule has 12 heavy (non-hydrogen) atoms. The smallest absolute Gasteiger partial charge is 0.0586 e. The molecule has 2 fully saturated rings. The third-order valence-electron chi connectivity index (χ3n) is 3.69. The second kappa shape index (κ2) is 3.00. The van der Waals surface area contributed by atoms with E-state index in [9.17, 15) is 0 Å². The molecule has 1 spiro atoms. The Hall–Kier alpha value is -0.0800. The molecule has 1 N–H and O–H groups in total. The zero-order valence-electron chi connectivity index (χ0n) is 7.92. The largest absolute Gasteiger partial charge is 0.395 e. The van der Waals surface area contributed by atoms with Crippen molar-refractivity contribution in [1.82, 2.24) is 4.90 Å². The highest BCUT2D eigenvalue weighted by Gasteiger charge is 2.48. The second-order valence-corrected chi connectivity index (χ2v) is 4.50. The predicted molar refractivity (Wildman–Crippen MR) is 49.0 cm³/mol. The van der Waals surface area contributed by atoms with Crippen LogP contribution in [0.5, 0.6) is 0 Å². The van der Waals surface area contributed by atoms with Crippen molar-refractivity contribution in [2.75, 3.05) is 19.7 Å². The van der Waals surface area contributed by atoms with Gasteiger partial charge in [0.15, 0.2) is 0 Å². The molecular formula is C10H19NO. The van der Waals surface area contributed by atoms with Crippen molar-refractivity contribution in [2.24, 2.45) is 5.41 Å². The summed E-state index contributed by atoms with van der Waals surface area (Å²) in [5.41, 5.74) is 0.711. The maximum atomic E-state index is 9.08. The number of nitrogens with zero attached hydrogens (tertiary/aromatic N) is 1. The molecule has 0 aromatic rings. The van der Waals surface area contributed by atoms with Gasteiger partial charge in [0.1, 0.15) is 0 Å². The van der Waals surface area contributed by atoms with E-state index in [4.69, 9.17) is 5.11 Å². The zero-order chi connectivity index (χ0) is 8.60. The van der Waals surface area contributed by atoms with Crippen molar-refractivity contribution in [2.45, 2.75) is 38.6 Å². The molecule has 2 nitrogen and oxygen atoms in total. The molecule has 70 valence electrons. The number of likely N-dealkylation sites (tertiary alicyclic amines) is 1. The zero-order valence-corrected chi connectivity index (χ0v) is 7.92. The van der Waals surface area contributed by atoms with E-state index in [0.717, 1.165) is 6.42 Å². The standard InChI is InChI=1S/C10H19NO/c1-2-9(6-12)11-7-10(8-11)4-3-5-10/h9,12H,2-8H2,1H3/t9-/m0/s1. The summed E-state index contributed by atoms with van der Waals surface area (Å²) in [6.07, 6.45) is 5.40. The Morgan fingerprint density at radius 3 is 2.42 bits per heavy atom. The van der Waals surface area contributed by atoms with Gasteiger partial charge >= 0.3 is 0 Å². The van der Waals surface area contributed by atoms with Crippen LogP contribution in [0.25, 0.3) is 0 Å². The van der Waals surface area contributed by atoms with E-state index in [1.54, 1.807) is 0 Å². The predicted octanol–water partition coefficient (Wildman–Crippen LogP) is 1.24. The molecule has 1 aliphatic heterocycles. The van der Waals surface area contributed by atoms with Crippen LogP contribution < -0.4 is 0 Å². The van der Waals surface area contributed by atoms with Gasteiger partial charge in [-0.05, 0) is 24.7 Å². The number of aliphatic hydroxyl groups is 1. The van der Waals surface area contributed by atoms with Gasteiger partial charge in [-0.1, -0.05) is 13.3 Å². The van der Waals surface area contributed by atoms with E-state index in [1.165, 1.54) is 32.4 Å². The van der Waals surface area contributed by atoms with Crippen LogP contribution in [0.3, 0.4) is 0 Å². The van der Waals surface area contributed by atoms with Crippen LogP contribution in [-0.4, -0.2) is 35.7 Å². The first kappa shape index (κ1) is 8.52. The highest BCUT2D eigenvalue weighted by Crippen LogP contribution is 2.48. The van der Waals surface area contributed by atoms with Crippen molar-refractivity contribution in [3.63, 3.8) is 0 Å². The maximum Gasteiger partial charge on any atom is 0.0586 e. The van der Waals surface area contributed by atoms with Gasteiger partial charge in [0.05, 0.1) is 6.61 Å². The summed E-state index contributed by atoms with van der Waals surface area (Å²) in [5.74, 6) is 0. The highest BCUT2D eigenvalue weighted by molar-refractivity contribution is 5.01. The molecule has 0 bridgehead atoms. The summed E-state index contributed by atoms with van der Waals surface area (Å²) in [4.78, 5) is 2.44. The van der Waals surface area contributed by atoms with Crippen LogP contribution >= 0.6 is 0 Å². The van der Waals surface area contributed by atoms with Crippen molar-refractivity contribution in [1.29, 1.82) is 0 Å². The van der Waals surface area contributed by atoms with Gasteiger partial charge < -0.3 is 5.11 Å². The van der Waals surface area contributed by atoms with E-state index in [2.05, 4.69) is 11.8 Å². The lowest BCUT2D eigenvalue weighted by Gasteiger charge is -2.58. The number of hydrogen-bond acceptors (Lipinski definition) is 2. The third-order valence-corrected chi connectivity index (χ3v) is 3.69. The molecule has 0 aromatic carbocycles. The SMILES string of the molecule is CC[C@@H](CO)N1CC2(CCC2)C1. The number of aliphatic hydroxyl groups excluding tert-OH is 1. The van der Waals surface area contributed by atoms with E-state index >= 15 is 0 Å². The fourth-order valence-electron chi connectivity index (χ4n) is 2.57. The van der Waals surface area contributed by atoms with E-state index in [0.29, 0.717) is 18.1 Å². The summed E-state index contributed by atoms with van der Waals surface area (Å²) in [6, 6.07) is 0.441. The van der Waals surface area contributed by atoms with Gasteiger partial charge in [0.2, 0.25) is 0 Å². The summed E-state index contributed by atoms with van der Waals surface area (Å²) in [7, 11) is 0. The first-order valence-corrected chi connectivity index (χ1v) is 5.14. The van der Waals surface area contributed by atoms with E-state index in [-0.39, 0.29) is 0 Å². The monoisotopic (exact) mass is 169 g/mol. The van der Waals surface area contributed by atoms with Crippen molar-refractivity contribution < 1.29 is 5.11 Å². The Kier molecular flexibility index (Phi) is 2.13. The molecule has 1 saturated heterocycles. The molecule has 2 aliphatic rings. The molecule has 0 aromatic heterocycles. The molecule has 2 heteroatoms. The Bertz CT molecular complexity index is 153. The average Bonchev–Trinajstić information content (AvgIpc) is 1.91. The van der Waals surface area contributed by atoms with Gasteiger partial charge in [0.25, 0.3) is 0 Å². The van der Waals surface area contributed by atoms with Crippen LogP contribution in [0.4, 0.5) is 0 Å². The van der Waals surface area contributed by atoms with Crippen LogP contribution in [0, 0.1) is 5.41 Å². The lowest BCUT2D eigenvalue weighted by Crippen LogP contribution is -2.63. The normalized spacial score (nSPS) is 29.5. The first-order valence-electron chi connectivity index (χ1n) is 5.14. The van der Waals surface area contributed by atoms with Gasteiger partial charge in [-0.15, -0.1) is 0 Å². The maximum absolute atomic E-state index is 9.08. The quantitative estimate of drug-likeness (QED) is 0.687. The fraction of sp³-hybridized carbons (Fsp3) is 1.00. The second-order valence-electron chi connectivity index (χ2n) is 4.50. The van der Waals surface area contributed by atoms with Crippen LogP contribution in [0.15, 0.2) is 0 Å². The van der Waals surface area contributed by atoms with Crippen LogP contribution in [0.2, 0.25) is 0 Å². The summed E-state index contributed by atoms with van der Waals surface area (Å²) >= 11 is 0. The minimum atomic E-state index is 0.340. The molecule has 0 radical (unpaired) electrons. The lowest BCUT2D eigenvalue weighted by molar-refractivity contribution is -0.0925. The molecule has 1 heterocycles. The van der Waals surface area contributed by atoms with Crippen LogP contribution in [0.1, 0.15) is 32.6 Å². The molecule has 1 atom stereocenters. The van der Waals surface area contributed by atoms with E-state index in [1.807, 2.05) is 0 Å². The fourth-order valence-corrected chi connectivity index (χ4v) is 2.57. The molecular weight excluding hydrogens is 150 g/mol. The van der Waals surface area contributed by atoms with Crippen LogP contribution in [-0.2, 0) is 0 Å². The average molecular weight is 169 g/mol. The summed E-state index contributed by atoms with van der Waals surface area (Å²) in [5, 5.41) is 9.08. The topological polar surface area (TPSA) is 23.5 Å². The first-order chi connectivity index (χ1) is 5.79. The lowest BCUT2D eigenvalue weighted by atomic mass is 9.63. The summed E-state index contributed by atoms with van der Waals surface area (Å²) in [6.45, 7) is 5.01. The van der Waals surface area contributed by atoms with Crippen molar-refractivity contribution in [3.05, 3.63) is 0 Å². The number of rotatable bonds is 3. The van der Waals surface area contributed by atoms with Gasteiger partial charge in [-0.3, -0.25) is 4.90 Å². The molecule has 0 unspecified atom stereocenters. The third kappa shape index (κ3) is 1.17. The minimum Gasteiger partial charge on any atom is -0.395 e. The van der Waals surface area contributed by atoms with E-state index < -0.39 is 0 Å². The Balaban J connectivity index is 1.79. The minimum absolute atomic E-state index is 0.340. The highest BCUT2D eigenvalue weighted by atomic mass is 16.3. The molecule has 2 rings (SSSR count). The molecule has 0 amide bonds. The Morgan fingerprint density at radius 1 is 1.42 bits per heavy atom. The Morgan fingerprint density at radius 2 is 2.08 bits per heavy atom. The Labute approximate surface area is 74.6 Å².